The Hall–Kier alpha value is -3.18. The molecule has 1 fully saturated rings. The van der Waals surface area contributed by atoms with Crippen molar-refractivity contribution in [1.82, 2.24) is 4.90 Å². The molecule has 0 aliphatic carbocycles. The molecular formula is C29H33NO4. The van der Waals surface area contributed by atoms with Crippen molar-refractivity contribution in [2.75, 3.05) is 26.2 Å². The van der Waals surface area contributed by atoms with E-state index < -0.39 is 0 Å². The minimum absolute atomic E-state index is 0.0570. The number of hydrogen-bond acceptors (Lipinski definition) is 5. The van der Waals surface area contributed by atoms with Gasteiger partial charge in [0.15, 0.2) is 0 Å². The topological polar surface area (TPSA) is 62.2 Å². The van der Waals surface area contributed by atoms with Gasteiger partial charge in [0.2, 0.25) is 0 Å². The molecule has 4 atom stereocenters. The second-order valence-corrected chi connectivity index (χ2v) is 9.78. The molecule has 5 nitrogen and oxygen atoms in total. The van der Waals surface area contributed by atoms with E-state index >= 15 is 0 Å². The first-order valence-corrected chi connectivity index (χ1v) is 12.2. The molecule has 5 rings (SSSR count). The van der Waals surface area contributed by atoms with Crippen molar-refractivity contribution < 1.29 is 19.7 Å². The monoisotopic (exact) mass is 459 g/mol. The largest absolute Gasteiger partial charge is 0.508 e. The van der Waals surface area contributed by atoms with E-state index in [0.717, 1.165) is 48.0 Å². The van der Waals surface area contributed by atoms with Crippen molar-refractivity contribution in [2.45, 2.75) is 38.2 Å². The zero-order valence-electron chi connectivity index (χ0n) is 19.9. The van der Waals surface area contributed by atoms with Crippen molar-refractivity contribution in [3.63, 3.8) is 0 Å². The minimum Gasteiger partial charge on any atom is -0.508 e. The van der Waals surface area contributed by atoms with E-state index in [1.165, 1.54) is 6.42 Å². The van der Waals surface area contributed by atoms with Crippen molar-refractivity contribution >= 4 is 0 Å². The molecule has 1 saturated heterocycles. The lowest BCUT2D eigenvalue weighted by atomic mass is 9.75. The highest BCUT2D eigenvalue weighted by Crippen LogP contribution is 2.51. The number of phenols is 2. The Kier molecular flexibility index (Phi) is 6.38. The molecule has 2 N–H and O–H groups in total. The van der Waals surface area contributed by atoms with Gasteiger partial charge in [0.05, 0.1) is 0 Å². The number of hydrogen-bond donors (Lipinski definition) is 2. The van der Waals surface area contributed by atoms with E-state index in [-0.39, 0.29) is 29.4 Å². The van der Waals surface area contributed by atoms with Crippen LogP contribution in [0.15, 0.2) is 66.7 Å². The zero-order valence-corrected chi connectivity index (χ0v) is 19.9. The number of rotatable bonds is 6. The first-order valence-electron chi connectivity index (χ1n) is 12.2. The average Bonchev–Trinajstić information content (AvgIpc) is 3.25. The predicted octanol–water partition coefficient (Wildman–Crippen LogP) is 5.84. The quantitative estimate of drug-likeness (QED) is 0.485. The molecule has 0 aromatic heterocycles. The van der Waals surface area contributed by atoms with Crippen LogP contribution in [-0.4, -0.2) is 41.4 Å². The van der Waals surface area contributed by atoms with Gasteiger partial charge in [-0.05, 0) is 71.8 Å². The van der Waals surface area contributed by atoms with Crippen LogP contribution in [0.3, 0.4) is 0 Å². The molecule has 0 spiro atoms. The van der Waals surface area contributed by atoms with E-state index in [4.69, 9.17) is 9.47 Å². The highest BCUT2D eigenvalue weighted by Gasteiger charge is 2.38. The van der Waals surface area contributed by atoms with E-state index in [0.29, 0.717) is 12.4 Å². The number of aromatic hydroxyl groups is 2. The van der Waals surface area contributed by atoms with Crippen LogP contribution in [0, 0.1) is 5.92 Å². The van der Waals surface area contributed by atoms with Gasteiger partial charge in [-0.2, -0.15) is 0 Å². The highest BCUT2D eigenvalue weighted by molar-refractivity contribution is 5.48. The maximum absolute atomic E-state index is 10.0. The summed E-state index contributed by atoms with van der Waals surface area (Å²) in [6.45, 7) is 8.47. The Morgan fingerprint density at radius 3 is 2.32 bits per heavy atom. The van der Waals surface area contributed by atoms with E-state index in [1.807, 2.05) is 30.3 Å². The van der Waals surface area contributed by atoms with E-state index in [1.54, 1.807) is 24.3 Å². The average molecular weight is 460 g/mol. The fourth-order valence-electron chi connectivity index (χ4n) is 5.38. The van der Waals surface area contributed by atoms with Crippen LogP contribution >= 0.6 is 0 Å². The van der Waals surface area contributed by atoms with Gasteiger partial charge in [-0.3, -0.25) is 4.90 Å². The molecule has 34 heavy (non-hydrogen) atoms. The van der Waals surface area contributed by atoms with Gasteiger partial charge in [-0.1, -0.05) is 44.2 Å². The van der Waals surface area contributed by atoms with Gasteiger partial charge < -0.3 is 19.7 Å². The van der Waals surface area contributed by atoms with E-state index in [2.05, 4.69) is 30.9 Å². The molecule has 0 saturated carbocycles. The number of fused-ring (bicyclic) bond motifs is 1. The second-order valence-electron chi connectivity index (χ2n) is 9.78. The lowest BCUT2D eigenvalue weighted by Crippen LogP contribution is -2.27. The molecule has 178 valence electrons. The molecule has 3 aromatic carbocycles. The van der Waals surface area contributed by atoms with Crippen LogP contribution in [-0.2, 0) is 0 Å². The summed E-state index contributed by atoms with van der Waals surface area (Å²) in [4.78, 5) is 2.46. The van der Waals surface area contributed by atoms with Crippen molar-refractivity contribution in [1.29, 1.82) is 0 Å². The molecule has 3 aromatic rings. The third kappa shape index (κ3) is 4.71. The number of likely N-dealkylation sites (tertiary alicyclic amines) is 1. The van der Waals surface area contributed by atoms with Crippen molar-refractivity contribution in [3.05, 3.63) is 83.4 Å². The van der Waals surface area contributed by atoms with Crippen LogP contribution in [0.4, 0.5) is 0 Å². The molecule has 0 amide bonds. The van der Waals surface area contributed by atoms with Crippen LogP contribution in [0.5, 0.6) is 23.0 Å². The SMILES string of the molecule is CC1c2ccc(O)cc2OC(c2ccc(OCCN3CC[C@@H](C)C3)cc2)C1c1ccc(O)cc1. The normalized spacial score (nSPS) is 24.4. The Balaban J connectivity index is 1.36. The van der Waals surface area contributed by atoms with Crippen LogP contribution in [0.2, 0.25) is 0 Å². The molecule has 2 aliphatic rings. The second kappa shape index (κ2) is 9.59. The summed E-state index contributed by atoms with van der Waals surface area (Å²) in [6.07, 6.45) is 1.05. The number of benzene rings is 3. The summed E-state index contributed by atoms with van der Waals surface area (Å²) >= 11 is 0. The summed E-state index contributed by atoms with van der Waals surface area (Å²) in [6, 6.07) is 20.9. The molecule has 2 aliphatic heterocycles. The van der Waals surface area contributed by atoms with E-state index in [9.17, 15) is 10.2 Å². The Bertz CT molecular complexity index is 1110. The van der Waals surface area contributed by atoms with Crippen LogP contribution in [0.1, 0.15) is 54.9 Å². The summed E-state index contributed by atoms with van der Waals surface area (Å²) in [5, 5.41) is 19.8. The van der Waals surface area contributed by atoms with Gasteiger partial charge >= 0.3 is 0 Å². The lowest BCUT2D eigenvalue weighted by Gasteiger charge is -2.39. The van der Waals surface area contributed by atoms with Crippen molar-refractivity contribution in [2.24, 2.45) is 5.92 Å². The summed E-state index contributed by atoms with van der Waals surface area (Å²) in [5.41, 5.74) is 3.23. The minimum atomic E-state index is -0.228. The summed E-state index contributed by atoms with van der Waals surface area (Å²) in [7, 11) is 0. The number of ether oxygens (including phenoxy) is 2. The third-order valence-corrected chi connectivity index (χ3v) is 7.28. The molecular weight excluding hydrogens is 426 g/mol. The molecule has 5 heteroatoms. The molecule has 0 bridgehead atoms. The Labute approximate surface area is 201 Å². The maximum Gasteiger partial charge on any atom is 0.131 e. The zero-order chi connectivity index (χ0) is 23.7. The summed E-state index contributed by atoms with van der Waals surface area (Å²) < 4.78 is 12.5. The van der Waals surface area contributed by atoms with Gasteiger partial charge in [0.25, 0.3) is 0 Å². The van der Waals surface area contributed by atoms with Crippen molar-refractivity contribution in [3.8, 4) is 23.0 Å². The molecule has 3 unspecified atom stereocenters. The fourth-order valence-corrected chi connectivity index (χ4v) is 5.38. The lowest BCUT2D eigenvalue weighted by molar-refractivity contribution is 0.136. The van der Waals surface area contributed by atoms with Crippen LogP contribution < -0.4 is 9.47 Å². The maximum atomic E-state index is 10.0. The summed E-state index contributed by atoms with van der Waals surface area (Å²) in [5.74, 6) is 3.03. The standard InChI is InChI=1S/C29H33NO4/c1-19-13-14-30(18-19)15-16-33-25-10-5-22(6-11-25)29-28(21-3-7-23(31)8-4-21)20(2)26-12-9-24(32)17-27(26)34-29/h3-12,17,19-20,28-29,31-32H,13-16,18H2,1-2H3/t19-,20?,28?,29?/m1/s1. The predicted molar refractivity (Wildman–Crippen MR) is 133 cm³/mol. The molecule has 0 radical (unpaired) electrons. The van der Waals surface area contributed by atoms with Gasteiger partial charge in [0, 0.05) is 25.1 Å². The smallest absolute Gasteiger partial charge is 0.131 e. The first kappa shape index (κ1) is 22.6. The first-order chi connectivity index (χ1) is 16.5. The van der Waals surface area contributed by atoms with Gasteiger partial charge in [-0.15, -0.1) is 0 Å². The Morgan fingerprint density at radius 2 is 1.62 bits per heavy atom. The Morgan fingerprint density at radius 1 is 0.912 bits per heavy atom. The number of nitrogens with zero attached hydrogens (tertiary/aromatic N) is 1. The number of phenolic OH excluding ortho intramolecular Hbond substituents is 2. The fraction of sp³-hybridized carbons (Fsp3) is 0.379. The van der Waals surface area contributed by atoms with Gasteiger partial charge in [-0.25, -0.2) is 0 Å². The van der Waals surface area contributed by atoms with Gasteiger partial charge in [0.1, 0.15) is 35.7 Å². The highest BCUT2D eigenvalue weighted by atomic mass is 16.5. The molecule has 2 heterocycles. The van der Waals surface area contributed by atoms with Crippen LogP contribution in [0.25, 0.3) is 0 Å². The third-order valence-electron chi connectivity index (χ3n) is 7.28.